The summed E-state index contributed by atoms with van der Waals surface area (Å²) in [7, 11) is -3.74. The number of benzene rings is 2. The Labute approximate surface area is 197 Å². The van der Waals surface area contributed by atoms with E-state index >= 15 is 0 Å². The lowest BCUT2D eigenvalue weighted by atomic mass is 10.2. The molecule has 1 saturated heterocycles. The Morgan fingerprint density at radius 2 is 1.88 bits per heavy atom. The number of rotatable bonds is 5. The quantitative estimate of drug-likeness (QED) is 0.590. The highest BCUT2D eigenvalue weighted by Gasteiger charge is 2.33. The molecule has 7 nitrogen and oxygen atoms in total. The van der Waals surface area contributed by atoms with Crippen LogP contribution in [0, 0.1) is 12.7 Å². The minimum absolute atomic E-state index is 0.116. The first-order chi connectivity index (χ1) is 15.7. The minimum Gasteiger partial charge on any atom is -0.323 e. The van der Waals surface area contributed by atoms with Crippen molar-refractivity contribution in [3.63, 3.8) is 0 Å². The summed E-state index contributed by atoms with van der Waals surface area (Å²) in [5.74, 6) is -0.784. The summed E-state index contributed by atoms with van der Waals surface area (Å²) in [6.07, 6.45) is 1.66. The first-order valence-corrected chi connectivity index (χ1v) is 12.3. The van der Waals surface area contributed by atoms with E-state index in [4.69, 9.17) is 11.6 Å². The molecule has 1 amide bonds. The third-order valence-electron chi connectivity index (χ3n) is 5.82. The molecule has 0 radical (unpaired) electrons. The fraction of sp³-hybridized carbons (Fsp3) is 0.304. The maximum absolute atomic E-state index is 13.3. The lowest BCUT2D eigenvalue weighted by Crippen LogP contribution is -2.53. The Morgan fingerprint density at radius 3 is 2.58 bits per heavy atom. The van der Waals surface area contributed by atoms with E-state index in [1.54, 1.807) is 25.3 Å². The van der Waals surface area contributed by atoms with Gasteiger partial charge in [-0.2, -0.15) is 4.31 Å². The van der Waals surface area contributed by atoms with Crippen LogP contribution in [-0.2, 0) is 14.8 Å². The number of hydrogen-bond acceptors (Lipinski definition) is 5. The van der Waals surface area contributed by atoms with Gasteiger partial charge in [-0.3, -0.25) is 14.7 Å². The Kier molecular flexibility index (Phi) is 6.67. The number of para-hydroxylation sites is 1. The molecule has 10 heteroatoms. The highest BCUT2D eigenvalue weighted by Crippen LogP contribution is 2.26. The van der Waals surface area contributed by atoms with Crippen LogP contribution in [0.3, 0.4) is 0 Å². The molecular formula is C23H24ClFN4O3S. The molecule has 3 aromatic rings. The van der Waals surface area contributed by atoms with Crippen molar-refractivity contribution in [1.82, 2.24) is 14.2 Å². The van der Waals surface area contributed by atoms with Gasteiger partial charge in [0, 0.05) is 37.8 Å². The molecule has 0 spiro atoms. The number of aromatic nitrogens is 1. The zero-order valence-electron chi connectivity index (χ0n) is 18.3. The van der Waals surface area contributed by atoms with Crippen molar-refractivity contribution >= 4 is 44.1 Å². The van der Waals surface area contributed by atoms with Gasteiger partial charge in [-0.15, -0.1) is 0 Å². The second-order valence-electron chi connectivity index (χ2n) is 8.07. The first-order valence-electron chi connectivity index (χ1n) is 10.5. The van der Waals surface area contributed by atoms with Crippen LogP contribution in [0.2, 0.25) is 5.02 Å². The summed E-state index contributed by atoms with van der Waals surface area (Å²) in [5, 5.41) is 3.60. The van der Waals surface area contributed by atoms with Gasteiger partial charge in [-0.05, 0) is 49.7 Å². The average molecular weight is 491 g/mol. The Balaban J connectivity index is 1.44. The molecule has 4 rings (SSSR count). The van der Waals surface area contributed by atoms with Gasteiger partial charge in [0.1, 0.15) is 10.7 Å². The topological polar surface area (TPSA) is 82.6 Å². The van der Waals surface area contributed by atoms with E-state index in [-0.39, 0.29) is 28.9 Å². The van der Waals surface area contributed by atoms with E-state index in [9.17, 15) is 17.6 Å². The number of nitrogens with one attached hydrogen (secondary N) is 1. The van der Waals surface area contributed by atoms with Crippen molar-refractivity contribution in [2.45, 2.75) is 24.8 Å². The molecule has 0 saturated carbocycles. The number of fused-ring (bicyclic) bond motifs is 1. The van der Waals surface area contributed by atoms with Gasteiger partial charge in [0.05, 0.1) is 22.3 Å². The summed E-state index contributed by atoms with van der Waals surface area (Å²) in [6.45, 7) is 4.94. The number of carbonyl (C=O) groups excluding carboxylic acids is 1. The molecule has 33 heavy (non-hydrogen) atoms. The Bertz CT molecular complexity index is 1310. The molecule has 1 aliphatic heterocycles. The van der Waals surface area contributed by atoms with Gasteiger partial charge in [-0.1, -0.05) is 23.7 Å². The molecule has 0 bridgehead atoms. The number of sulfonamides is 1. The number of amides is 1. The van der Waals surface area contributed by atoms with Crippen molar-refractivity contribution in [2.75, 3.05) is 31.5 Å². The monoisotopic (exact) mass is 490 g/mol. The Hall–Kier alpha value is -2.59. The van der Waals surface area contributed by atoms with Crippen LogP contribution in [-0.4, -0.2) is 60.7 Å². The van der Waals surface area contributed by atoms with E-state index in [1.165, 1.54) is 16.4 Å². The van der Waals surface area contributed by atoms with E-state index in [1.807, 2.05) is 24.0 Å². The van der Waals surface area contributed by atoms with Crippen LogP contribution >= 0.6 is 11.6 Å². The number of halogens is 2. The molecule has 174 valence electrons. The maximum Gasteiger partial charge on any atom is 0.245 e. The highest BCUT2D eigenvalue weighted by atomic mass is 35.5. The largest absolute Gasteiger partial charge is 0.323 e. The number of anilines is 1. The molecule has 1 N–H and O–H groups in total. The van der Waals surface area contributed by atoms with Crippen molar-refractivity contribution in [3.8, 4) is 0 Å². The normalized spacial score (nSPS) is 16.6. The molecule has 2 heterocycles. The third kappa shape index (κ3) is 4.86. The fourth-order valence-electron chi connectivity index (χ4n) is 3.92. The molecular weight excluding hydrogens is 467 g/mol. The summed E-state index contributed by atoms with van der Waals surface area (Å²) < 4.78 is 41.4. The zero-order chi connectivity index (χ0) is 23.8. The molecule has 1 aliphatic rings. The zero-order valence-corrected chi connectivity index (χ0v) is 19.8. The molecule has 1 atom stereocenters. The van der Waals surface area contributed by atoms with Crippen molar-refractivity contribution < 1.29 is 17.6 Å². The number of piperazine rings is 1. The minimum atomic E-state index is -3.74. The second-order valence-corrected chi connectivity index (χ2v) is 10.4. The predicted octanol–water partition coefficient (Wildman–Crippen LogP) is 3.67. The molecule has 0 unspecified atom stereocenters. The standard InChI is InChI=1S/C23H24ClFN4O3S/c1-15-12-17-4-3-5-21(22(17)26-14-15)33(31,32)29-10-8-28(9-11-29)16(2)23(30)27-20-7-6-18(25)13-19(20)24/h3-7,12-14,16H,8-11H2,1-2H3,(H,27,30)/t16-/m1/s1. The van der Waals surface area contributed by atoms with Crippen LogP contribution in [0.5, 0.6) is 0 Å². The predicted molar refractivity (Wildman–Crippen MR) is 126 cm³/mol. The average Bonchev–Trinajstić information content (AvgIpc) is 2.79. The van der Waals surface area contributed by atoms with E-state index in [2.05, 4.69) is 10.3 Å². The van der Waals surface area contributed by atoms with Gasteiger partial charge in [0.25, 0.3) is 0 Å². The summed E-state index contributed by atoms with van der Waals surface area (Å²) in [6, 6.07) is 10.3. The fourth-order valence-corrected chi connectivity index (χ4v) is 5.72. The number of nitrogens with zero attached hydrogens (tertiary/aromatic N) is 3. The lowest BCUT2D eigenvalue weighted by Gasteiger charge is -2.36. The number of pyridine rings is 1. The van der Waals surface area contributed by atoms with Crippen LogP contribution in [0.15, 0.2) is 53.6 Å². The second kappa shape index (κ2) is 9.34. The van der Waals surface area contributed by atoms with Gasteiger partial charge in [-0.25, -0.2) is 12.8 Å². The Morgan fingerprint density at radius 1 is 1.15 bits per heavy atom. The molecule has 0 aliphatic carbocycles. The SMILES string of the molecule is Cc1cnc2c(S(=O)(=O)N3CCN([C@H](C)C(=O)Nc4ccc(F)cc4Cl)CC3)cccc2c1. The van der Waals surface area contributed by atoms with E-state index in [0.717, 1.165) is 17.0 Å². The van der Waals surface area contributed by atoms with Crippen LogP contribution in [0.25, 0.3) is 10.9 Å². The number of hydrogen-bond donors (Lipinski definition) is 1. The van der Waals surface area contributed by atoms with Crippen molar-refractivity contribution in [2.24, 2.45) is 0 Å². The number of carbonyl (C=O) groups is 1. The first kappa shape index (κ1) is 23.6. The highest BCUT2D eigenvalue weighted by molar-refractivity contribution is 7.89. The third-order valence-corrected chi connectivity index (χ3v) is 8.06. The van der Waals surface area contributed by atoms with Gasteiger partial charge >= 0.3 is 0 Å². The van der Waals surface area contributed by atoms with Gasteiger partial charge in [0.2, 0.25) is 15.9 Å². The van der Waals surface area contributed by atoms with Gasteiger partial charge in [0.15, 0.2) is 0 Å². The van der Waals surface area contributed by atoms with Gasteiger partial charge < -0.3 is 5.32 Å². The molecule has 2 aromatic carbocycles. The van der Waals surface area contributed by atoms with E-state index < -0.39 is 21.9 Å². The molecule has 1 aromatic heterocycles. The summed E-state index contributed by atoms with van der Waals surface area (Å²) >= 11 is 5.99. The smallest absolute Gasteiger partial charge is 0.245 e. The van der Waals surface area contributed by atoms with Crippen molar-refractivity contribution in [3.05, 3.63) is 65.1 Å². The van der Waals surface area contributed by atoms with E-state index in [0.29, 0.717) is 24.3 Å². The number of aryl methyl sites for hydroxylation is 1. The molecule has 1 fully saturated rings. The maximum atomic E-state index is 13.3. The summed E-state index contributed by atoms with van der Waals surface area (Å²) in [5.41, 5.74) is 1.74. The van der Waals surface area contributed by atoms with Crippen LogP contribution in [0.4, 0.5) is 10.1 Å². The van der Waals surface area contributed by atoms with Crippen LogP contribution < -0.4 is 5.32 Å². The summed E-state index contributed by atoms with van der Waals surface area (Å²) in [4.78, 5) is 19.1. The lowest BCUT2D eigenvalue weighted by molar-refractivity contribution is -0.121. The van der Waals surface area contributed by atoms with Crippen molar-refractivity contribution in [1.29, 1.82) is 0 Å². The van der Waals surface area contributed by atoms with Crippen LogP contribution in [0.1, 0.15) is 12.5 Å².